The Morgan fingerprint density at radius 3 is 2.68 bits per heavy atom. The van der Waals surface area contributed by atoms with Crippen molar-refractivity contribution in [3.05, 3.63) is 29.3 Å². The van der Waals surface area contributed by atoms with Crippen molar-refractivity contribution in [1.29, 1.82) is 0 Å². The van der Waals surface area contributed by atoms with Crippen molar-refractivity contribution in [2.45, 2.75) is 13.3 Å². The van der Waals surface area contributed by atoms with Gasteiger partial charge in [0.1, 0.15) is 12.4 Å². The Labute approximate surface area is 119 Å². The third kappa shape index (κ3) is 6.51. The molecule has 0 heterocycles. The highest BCUT2D eigenvalue weighted by atomic mass is 35.5. The van der Waals surface area contributed by atoms with Crippen LogP contribution < -0.4 is 4.74 Å². The molecule has 0 unspecified atom stereocenters. The molecule has 0 aliphatic heterocycles. The lowest BCUT2D eigenvalue weighted by atomic mass is 10.1. The Morgan fingerprint density at radius 1 is 1.37 bits per heavy atom. The topological polar surface area (TPSA) is 43.4 Å². The molecule has 3 nitrogen and oxygen atoms in total. The summed E-state index contributed by atoms with van der Waals surface area (Å²) in [6, 6.07) is 5.51. The molecular weight excluding hydrogens is 284 g/mol. The van der Waals surface area contributed by atoms with Crippen molar-refractivity contribution < 1.29 is 13.2 Å². The second-order valence-corrected chi connectivity index (χ2v) is 6.83. The third-order valence-corrected chi connectivity index (χ3v) is 3.46. The van der Waals surface area contributed by atoms with Crippen LogP contribution in [0.5, 0.6) is 5.75 Å². The zero-order chi connectivity index (χ0) is 14.3. The molecule has 1 rings (SSSR count). The van der Waals surface area contributed by atoms with Crippen molar-refractivity contribution in [1.82, 2.24) is 0 Å². The third-order valence-electron chi connectivity index (χ3n) is 2.36. The fraction of sp³-hybridized carbons (Fsp3) is 0.429. The van der Waals surface area contributed by atoms with Crippen molar-refractivity contribution in [3.8, 4) is 17.6 Å². The molecule has 1 aromatic carbocycles. The van der Waals surface area contributed by atoms with Gasteiger partial charge in [-0.15, -0.1) is 11.6 Å². The first-order valence-corrected chi connectivity index (χ1v) is 8.48. The summed E-state index contributed by atoms with van der Waals surface area (Å²) >= 11 is 5.56. The largest absolute Gasteiger partial charge is 0.493 e. The molecule has 0 saturated carbocycles. The second kappa shape index (κ2) is 7.42. The number of aryl methyl sites for hydroxylation is 1. The predicted molar refractivity (Wildman–Crippen MR) is 78.6 cm³/mol. The molecule has 0 amide bonds. The number of rotatable bonds is 5. The van der Waals surface area contributed by atoms with Gasteiger partial charge in [0.05, 0.1) is 5.75 Å². The van der Waals surface area contributed by atoms with E-state index in [0.29, 0.717) is 18.1 Å². The highest BCUT2D eigenvalue weighted by molar-refractivity contribution is 7.90. The number of hydrogen-bond acceptors (Lipinski definition) is 3. The van der Waals surface area contributed by atoms with Gasteiger partial charge < -0.3 is 4.74 Å². The first-order chi connectivity index (χ1) is 8.92. The summed E-state index contributed by atoms with van der Waals surface area (Å²) in [7, 11) is -2.99. The average Bonchev–Trinajstić information content (AvgIpc) is 2.30. The molecule has 0 saturated heterocycles. The van der Waals surface area contributed by atoms with Crippen LogP contribution in [0.15, 0.2) is 18.2 Å². The SMILES string of the molecule is Cc1cc(OCCS(C)(=O)=O)ccc1C#CCCCl. The molecule has 1 aromatic rings. The van der Waals surface area contributed by atoms with E-state index in [9.17, 15) is 8.42 Å². The summed E-state index contributed by atoms with van der Waals surface area (Å²) in [6.07, 6.45) is 1.85. The van der Waals surface area contributed by atoms with Crippen molar-refractivity contribution in [2.75, 3.05) is 24.5 Å². The number of alkyl halides is 1. The van der Waals surface area contributed by atoms with Crippen LogP contribution in [-0.2, 0) is 9.84 Å². The molecule has 0 N–H and O–H groups in total. The van der Waals surface area contributed by atoms with E-state index in [1.807, 2.05) is 19.1 Å². The van der Waals surface area contributed by atoms with Gasteiger partial charge in [-0.05, 0) is 30.7 Å². The van der Waals surface area contributed by atoms with E-state index in [4.69, 9.17) is 16.3 Å². The van der Waals surface area contributed by atoms with Gasteiger partial charge in [-0.2, -0.15) is 0 Å². The zero-order valence-electron chi connectivity index (χ0n) is 11.1. The number of sulfone groups is 1. The molecule has 0 aliphatic carbocycles. The van der Waals surface area contributed by atoms with E-state index in [1.54, 1.807) is 6.07 Å². The van der Waals surface area contributed by atoms with Gasteiger partial charge in [0.2, 0.25) is 0 Å². The van der Waals surface area contributed by atoms with Crippen LogP contribution in [0, 0.1) is 18.8 Å². The average molecular weight is 301 g/mol. The molecule has 19 heavy (non-hydrogen) atoms. The minimum atomic E-state index is -2.99. The smallest absolute Gasteiger partial charge is 0.150 e. The maximum absolute atomic E-state index is 11.0. The maximum Gasteiger partial charge on any atom is 0.150 e. The molecule has 0 spiro atoms. The van der Waals surface area contributed by atoms with E-state index in [2.05, 4.69) is 11.8 Å². The highest BCUT2D eigenvalue weighted by Gasteiger charge is 2.03. The molecule has 0 fully saturated rings. The van der Waals surface area contributed by atoms with Crippen LogP contribution >= 0.6 is 11.6 Å². The molecule has 5 heteroatoms. The minimum absolute atomic E-state index is 0.0172. The molecular formula is C14H17ClO3S. The quantitative estimate of drug-likeness (QED) is 0.619. The Kier molecular flexibility index (Phi) is 6.20. The van der Waals surface area contributed by atoms with E-state index in [0.717, 1.165) is 11.1 Å². The van der Waals surface area contributed by atoms with Gasteiger partial charge in [0, 0.05) is 24.1 Å². The van der Waals surface area contributed by atoms with Crippen molar-refractivity contribution >= 4 is 21.4 Å². The lowest BCUT2D eigenvalue weighted by Gasteiger charge is -2.07. The van der Waals surface area contributed by atoms with Crippen LogP contribution in [0.1, 0.15) is 17.5 Å². The number of ether oxygens (including phenoxy) is 1. The fourth-order valence-corrected chi connectivity index (χ4v) is 1.86. The second-order valence-electron chi connectivity index (χ2n) is 4.20. The number of hydrogen-bond donors (Lipinski definition) is 0. The van der Waals surface area contributed by atoms with Crippen LogP contribution in [-0.4, -0.2) is 32.9 Å². The normalized spacial score (nSPS) is 10.7. The Hall–Kier alpha value is -1.18. The molecule has 0 aliphatic rings. The van der Waals surface area contributed by atoms with Gasteiger partial charge in [0.25, 0.3) is 0 Å². The van der Waals surface area contributed by atoms with Crippen molar-refractivity contribution in [2.24, 2.45) is 0 Å². The lowest BCUT2D eigenvalue weighted by Crippen LogP contribution is -2.12. The van der Waals surface area contributed by atoms with Crippen LogP contribution in [0.25, 0.3) is 0 Å². The van der Waals surface area contributed by atoms with Gasteiger partial charge in [-0.3, -0.25) is 0 Å². The Morgan fingerprint density at radius 2 is 2.11 bits per heavy atom. The van der Waals surface area contributed by atoms with Gasteiger partial charge in [-0.1, -0.05) is 11.8 Å². The standard InChI is InChI=1S/C14H17ClO3S/c1-12-11-14(18-9-10-19(2,16)17)7-6-13(12)5-3-4-8-15/h6-7,11H,4,8-10H2,1-2H3. The summed E-state index contributed by atoms with van der Waals surface area (Å²) in [5.41, 5.74) is 1.93. The summed E-state index contributed by atoms with van der Waals surface area (Å²) in [4.78, 5) is 0. The molecule has 0 atom stereocenters. The van der Waals surface area contributed by atoms with E-state index in [-0.39, 0.29) is 12.4 Å². The summed E-state index contributed by atoms with van der Waals surface area (Å²) in [6.45, 7) is 2.10. The maximum atomic E-state index is 11.0. The summed E-state index contributed by atoms with van der Waals surface area (Å²) in [5.74, 6) is 7.21. The monoisotopic (exact) mass is 300 g/mol. The molecule has 0 bridgehead atoms. The summed E-state index contributed by atoms with van der Waals surface area (Å²) in [5, 5.41) is 0. The van der Waals surface area contributed by atoms with E-state index < -0.39 is 9.84 Å². The van der Waals surface area contributed by atoms with Crippen molar-refractivity contribution in [3.63, 3.8) is 0 Å². The lowest BCUT2D eigenvalue weighted by molar-refractivity contribution is 0.341. The first-order valence-electron chi connectivity index (χ1n) is 5.88. The fourth-order valence-electron chi connectivity index (χ4n) is 1.38. The van der Waals surface area contributed by atoms with Crippen LogP contribution in [0.2, 0.25) is 0 Å². The van der Waals surface area contributed by atoms with Crippen LogP contribution in [0.4, 0.5) is 0 Å². The Balaban J connectivity index is 2.65. The van der Waals surface area contributed by atoms with Gasteiger partial charge in [0.15, 0.2) is 9.84 Å². The van der Waals surface area contributed by atoms with E-state index >= 15 is 0 Å². The zero-order valence-corrected chi connectivity index (χ0v) is 12.6. The predicted octanol–water partition coefficient (Wildman–Crippen LogP) is 2.40. The number of benzene rings is 1. The number of halogens is 1. The van der Waals surface area contributed by atoms with Gasteiger partial charge in [-0.25, -0.2) is 8.42 Å². The van der Waals surface area contributed by atoms with Crippen LogP contribution in [0.3, 0.4) is 0 Å². The summed E-state index contributed by atoms with van der Waals surface area (Å²) < 4.78 is 27.4. The van der Waals surface area contributed by atoms with E-state index in [1.165, 1.54) is 6.26 Å². The minimum Gasteiger partial charge on any atom is -0.493 e. The first kappa shape index (κ1) is 15.9. The van der Waals surface area contributed by atoms with Gasteiger partial charge >= 0.3 is 0 Å². The Bertz CT molecular complexity index is 582. The molecule has 0 aromatic heterocycles. The highest BCUT2D eigenvalue weighted by Crippen LogP contribution is 2.16. The molecule has 104 valence electrons. The molecule has 0 radical (unpaired) electrons.